The van der Waals surface area contributed by atoms with Crippen molar-refractivity contribution in [2.45, 2.75) is 51.4 Å². The monoisotopic (exact) mass is 276 g/mol. The zero-order chi connectivity index (χ0) is 14.3. The second-order valence-electron chi connectivity index (χ2n) is 5.99. The van der Waals surface area contributed by atoms with Crippen LogP contribution in [0.25, 0.3) is 0 Å². The van der Waals surface area contributed by atoms with Crippen molar-refractivity contribution in [3.05, 3.63) is 35.6 Å². The molecule has 1 aromatic rings. The van der Waals surface area contributed by atoms with Gasteiger partial charge >= 0.3 is 0 Å². The first-order valence-electron chi connectivity index (χ1n) is 7.42. The van der Waals surface area contributed by atoms with E-state index in [1.165, 1.54) is 25.3 Å². The Kier molecular flexibility index (Phi) is 3.50. The van der Waals surface area contributed by atoms with Crippen LogP contribution >= 0.6 is 0 Å². The van der Waals surface area contributed by atoms with Gasteiger partial charge in [0.25, 0.3) is 0 Å². The molecule has 1 N–H and O–H groups in total. The molecule has 0 radical (unpaired) electrons. The van der Waals surface area contributed by atoms with Crippen LogP contribution in [0.1, 0.15) is 44.8 Å². The van der Waals surface area contributed by atoms with Gasteiger partial charge in [0.05, 0.1) is 6.04 Å². The quantitative estimate of drug-likeness (QED) is 0.920. The Bertz CT molecular complexity index is 515. The predicted octanol–water partition coefficient (Wildman–Crippen LogP) is 2.83. The number of carbonyl (C=O) groups excluding carboxylic acids is 1. The maximum absolute atomic E-state index is 14.1. The van der Waals surface area contributed by atoms with E-state index in [1.807, 2.05) is 17.9 Å². The second kappa shape index (κ2) is 5.17. The summed E-state index contributed by atoms with van der Waals surface area (Å²) in [5.74, 6) is 0.385. The molecule has 0 spiro atoms. The van der Waals surface area contributed by atoms with Crippen LogP contribution in [0.3, 0.4) is 0 Å². The third kappa shape index (κ3) is 2.12. The summed E-state index contributed by atoms with van der Waals surface area (Å²) in [5, 5.41) is 3.23. The molecule has 1 aromatic carbocycles. The Labute approximate surface area is 119 Å². The van der Waals surface area contributed by atoms with E-state index in [1.54, 1.807) is 12.1 Å². The number of benzene rings is 1. The van der Waals surface area contributed by atoms with E-state index in [2.05, 4.69) is 12.2 Å². The molecule has 3 atom stereocenters. The van der Waals surface area contributed by atoms with Crippen LogP contribution in [0, 0.1) is 11.7 Å². The number of carbonyl (C=O) groups is 1. The van der Waals surface area contributed by atoms with Crippen molar-refractivity contribution in [3.63, 3.8) is 0 Å². The molecule has 2 aliphatic rings. The lowest BCUT2D eigenvalue weighted by Crippen LogP contribution is -2.44. The minimum Gasteiger partial charge on any atom is -0.318 e. The van der Waals surface area contributed by atoms with Gasteiger partial charge in [0.2, 0.25) is 5.91 Å². The van der Waals surface area contributed by atoms with Crippen LogP contribution in [0.2, 0.25) is 0 Å². The highest BCUT2D eigenvalue weighted by molar-refractivity contribution is 5.84. The van der Waals surface area contributed by atoms with Gasteiger partial charge in [0.1, 0.15) is 12.0 Å². The first-order valence-corrected chi connectivity index (χ1v) is 7.42. The third-order valence-corrected chi connectivity index (χ3v) is 4.78. The van der Waals surface area contributed by atoms with Gasteiger partial charge in [-0.2, -0.15) is 0 Å². The van der Waals surface area contributed by atoms with E-state index in [-0.39, 0.29) is 30.0 Å². The Morgan fingerprint density at radius 1 is 1.35 bits per heavy atom. The fraction of sp³-hybridized carbons (Fsp3) is 0.562. The number of nitrogens with one attached hydrogen (secondary N) is 1. The molecule has 20 heavy (non-hydrogen) atoms. The van der Waals surface area contributed by atoms with Gasteiger partial charge < -0.3 is 4.90 Å². The highest BCUT2D eigenvalue weighted by atomic mass is 19.1. The molecule has 3 unspecified atom stereocenters. The van der Waals surface area contributed by atoms with Gasteiger partial charge in [-0.25, -0.2) is 4.39 Å². The second-order valence-corrected chi connectivity index (χ2v) is 5.99. The molecule has 1 saturated carbocycles. The summed E-state index contributed by atoms with van der Waals surface area (Å²) in [4.78, 5) is 14.3. The van der Waals surface area contributed by atoms with Gasteiger partial charge in [-0.05, 0) is 38.7 Å². The average molecular weight is 276 g/mol. The molecule has 4 heteroatoms. The number of hydrogen-bond donors (Lipinski definition) is 1. The van der Waals surface area contributed by atoms with Crippen LogP contribution in [0.5, 0.6) is 0 Å². The fourth-order valence-electron chi connectivity index (χ4n) is 3.26. The maximum atomic E-state index is 14.1. The van der Waals surface area contributed by atoms with E-state index in [9.17, 15) is 9.18 Å². The van der Waals surface area contributed by atoms with E-state index in [0.29, 0.717) is 11.5 Å². The van der Waals surface area contributed by atoms with Crippen molar-refractivity contribution in [2.75, 3.05) is 0 Å². The average Bonchev–Trinajstić information content (AvgIpc) is 2.64. The van der Waals surface area contributed by atoms with Crippen LogP contribution < -0.4 is 5.32 Å². The molecular weight excluding hydrogens is 255 g/mol. The van der Waals surface area contributed by atoms with Crippen LogP contribution in [0.15, 0.2) is 24.3 Å². The molecule has 1 saturated heterocycles. The van der Waals surface area contributed by atoms with E-state index >= 15 is 0 Å². The Hall–Kier alpha value is -1.42. The minimum atomic E-state index is -0.339. The van der Waals surface area contributed by atoms with Crippen LogP contribution in [-0.4, -0.2) is 22.9 Å². The smallest absolute Gasteiger partial charge is 0.241 e. The fourth-order valence-corrected chi connectivity index (χ4v) is 3.26. The Morgan fingerprint density at radius 2 is 2.05 bits per heavy atom. The van der Waals surface area contributed by atoms with Gasteiger partial charge in [0, 0.05) is 11.6 Å². The van der Waals surface area contributed by atoms with Gasteiger partial charge in [-0.1, -0.05) is 24.6 Å². The van der Waals surface area contributed by atoms with Crippen molar-refractivity contribution in [3.8, 4) is 0 Å². The molecule has 1 aliphatic heterocycles. The van der Waals surface area contributed by atoms with E-state index in [0.717, 1.165) is 0 Å². The third-order valence-electron chi connectivity index (χ3n) is 4.78. The molecule has 1 heterocycles. The summed E-state index contributed by atoms with van der Waals surface area (Å²) in [6.45, 7) is 3.94. The Morgan fingerprint density at radius 3 is 2.65 bits per heavy atom. The molecule has 108 valence electrons. The van der Waals surface area contributed by atoms with Gasteiger partial charge in [0.15, 0.2) is 0 Å². The Balaban J connectivity index is 1.91. The first kappa shape index (κ1) is 13.6. The lowest BCUT2D eigenvalue weighted by molar-refractivity contribution is -0.133. The van der Waals surface area contributed by atoms with Crippen molar-refractivity contribution in [1.82, 2.24) is 10.2 Å². The highest BCUT2D eigenvalue weighted by Crippen LogP contribution is 2.37. The number of halogens is 1. The summed E-state index contributed by atoms with van der Waals surface area (Å²) in [6.07, 6.45) is 3.24. The molecule has 3 rings (SSSR count). The van der Waals surface area contributed by atoms with Crippen LogP contribution in [0.4, 0.5) is 4.39 Å². The predicted molar refractivity (Wildman–Crippen MR) is 75.4 cm³/mol. The lowest BCUT2D eigenvalue weighted by atomic mass is 9.79. The SMILES string of the molecule is CC1NC(c2ccccc2F)N(C(C)C2CCC2)C1=O. The van der Waals surface area contributed by atoms with Crippen molar-refractivity contribution in [1.29, 1.82) is 0 Å². The molecule has 3 nitrogen and oxygen atoms in total. The summed E-state index contributed by atoms with van der Waals surface area (Å²) >= 11 is 0. The molecule has 1 aliphatic carbocycles. The summed E-state index contributed by atoms with van der Waals surface area (Å²) in [7, 11) is 0. The topological polar surface area (TPSA) is 32.3 Å². The zero-order valence-electron chi connectivity index (χ0n) is 12.0. The standard InChI is InChI=1S/C16H21FN2O/c1-10-16(20)19(11(2)12-6-5-7-12)15(18-10)13-8-3-4-9-14(13)17/h3-4,8-12,15,18H,5-7H2,1-2H3. The van der Waals surface area contributed by atoms with E-state index in [4.69, 9.17) is 0 Å². The normalized spacial score (nSPS) is 28.6. The first-order chi connectivity index (χ1) is 9.59. The lowest BCUT2D eigenvalue weighted by Gasteiger charge is -2.39. The van der Waals surface area contributed by atoms with Gasteiger partial charge in [-0.15, -0.1) is 0 Å². The summed E-state index contributed by atoms with van der Waals surface area (Å²) in [6, 6.07) is 6.63. The molecule has 0 bridgehead atoms. The van der Waals surface area contributed by atoms with Gasteiger partial charge in [-0.3, -0.25) is 10.1 Å². The minimum absolute atomic E-state index is 0.0812. The molecule has 0 aromatic heterocycles. The van der Waals surface area contributed by atoms with Crippen molar-refractivity contribution >= 4 is 5.91 Å². The molecular formula is C16H21FN2O. The van der Waals surface area contributed by atoms with Crippen molar-refractivity contribution < 1.29 is 9.18 Å². The number of hydrogen-bond acceptors (Lipinski definition) is 2. The summed E-state index contributed by atoms with van der Waals surface area (Å²) < 4.78 is 14.1. The van der Waals surface area contributed by atoms with E-state index < -0.39 is 0 Å². The molecule has 2 fully saturated rings. The number of nitrogens with zero attached hydrogens (tertiary/aromatic N) is 1. The van der Waals surface area contributed by atoms with Crippen LogP contribution in [-0.2, 0) is 4.79 Å². The zero-order valence-corrected chi connectivity index (χ0v) is 12.0. The summed E-state index contributed by atoms with van der Waals surface area (Å²) in [5.41, 5.74) is 0.566. The highest BCUT2D eigenvalue weighted by Gasteiger charge is 2.43. The largest absolute Gasteiger partial charge is 0.318 e. The number of amides is 1. The van der Waals surface area contributed by atoms with Crippen molar-refractivity contribution in [2.24, 2.45) is 5.92 Å². The molecule has 1 amide bonds. The number of rotatable bonds is 3. The maximum Gasteiger partial charge on any atom is 0.241 e.